The van der Waals surface area contributed by atoms with E-state index in [1.165, 1.54) is 6.07 Å². The molecule has 1 aromatic carbocycles. The highest BCUT2D eigenvalue weighted by Crippen LogP contribution is 2.38. The fraction of sp³-hybridized carbons (Fsp3) is 0.600. The molecule has 1 aliphatic rings. The van der Waals surface area contributed by atoms with E-state index in [1.807, 2.05) is 0 Å². The second-order valence-electron chi connectivity index (χ2n) is 5.30. The zero-order valence-electron chi connectivity index (χ0n) is 12.0. The van der Waals surface area contributed by atoms with Gasteiger partial charge in [-0.25, -0.2) is 0 Å². The maximum absolute atomic E-state index is 13.1. The molecule has 2 rings (SSSR count). The molecule has 2 N–H and O–H groups in total. The molecule has 0 aliphatic heterocycles. The van der Waals surface area contributed by atoms with Gasteiger partial charge < -0.3 is 15.2 Å². The normalized spacial score (nSPS) is 23.1. The molecule has 3 nitrogen and oxygen atoms in total. The number of rotatable bonds is 4. The van der Waals surface area contributed by atoms with Crippen LogP contribution in [0.5, 0.6) is 5.75 Å². The minimum atomic E-state index is -4.45. The van der Waals surface area contributed by atoms with Gasteiger partial charge in [-0.2, -0.15) is 13.2 Å². The number of methoxy groups -OCH3 is 1. The van der Waals surface area contributed by atoms with E-state index in [4.69, 9.17) is 15.2 Å². The number of halogens is 3. The second kappa shape index (κ2) is 6.66. The van der Waals surface area contributed by atoms with E-state index < -0.39 is 11.7 Å². The Morgan fingerprint density at radius 2 is 1.95 bits per heavy atom. The summed E-state index contributed by atoms with van der Waals surface area (Å²) in [5.41, 5.74) is 5.09. The number of ether oxygens (including phenoxy) is 2. The van der Waals surface area contributed by atoms with Crippen LogP contribution in [0.2, 0.25) is 0 Å². The molecule has 1 saturated carbocycles. The molecule has 2 unspecified atom stereocenters. The molecule has 118 valence electrons. The Hall–Kier alpha value is -1.27. The van der Waals surface area contributed by atoms with Gasteiger partial charge in [0, 0.05) is 20.1 Å². The molecule has 1 aliphatic carbocycles. The van der Waals surface area contributed by atoms with Crippen molar-refractivity contribution in [1.29, 1.82) is 0 Å². The Morgan fingerprint density at radius 3 is 2.57 bits per heavy atom. The first kappa shape index (κ1) is 16.1. The molecule has 0 radical (unpaired) electrons. The first-order chi connectivity index (χ1) is 9.94. The van der Waals surface area contributed by atoms with Crippen LogP contribution in [0.15, 0.2) is 18.2 Å². The molecule has 0 spiro atoms. The quantitative estimate of drug-likeness (QED) is 0.926. The minimum Gasteiger partial charge on any atom is -0.490 e. The Labute approximate surface area is 122 Å². The fourth-order valence-corrected chi connectivity index (χ4v) is 2.63. The molecule has 21 heavy (non-hydrogen) atoms. The van der Waals surface area contributed by atoms with Gasteiger partial charge in [-0.1, -0.05) is 6.07 Å². The van der Waals surface area contributed by atoms with Crippen molar-refractivity contribution < 1.29 is 22.6 Å². The third kappa shape index (κ3) is 4.11. The van der Waals surface area contributed by atoms with Crippen molar-refractivity contribution in [3.05, 3.63) is 29.3 Å². The summed E-state index contributed by atoms with van der Waals surface area (Å²) in [6.45, 7) is 0.0680. The monoisotopic (exact) mass is 303 g/mol. The lowest BCUT2D eigenvalue weighted by Gasteiger charge is -2.29. The number of benzene rings is 1. The summed E-state index contributed by atoms with van der Waals surface area (Å²) < 4.78 is 50.2. The number of hydrogen-bond donors (Lipinski definition) is 1. The zero-order chi connectivity index (χ0) is 15.5. The largest absolute Gasteiger partial charge is 0.490 e. The average Bonchev–Trinajstić information content (AvgIpc) is 2.46. The van der Waals surface area contributed by atoms with E-state index in [1.54, 1.807) is 13.2 Å². The van der Waals surface area contributed by atoms with Crippen LogP contribution in [0, 0.1) is 0 Å². The van der Waals surface area contributed by atoms with Crippen LogP contribution in [-0.4, -0.2) is 19.3 Å². The van der Waals surface area contributed by atoms with E-state index in [0.717, 1.165) is 25.3 Å². The first-order valence-corrected chi connectivity index (χ1v) is 7.03. The second-order valence-corrected chi connectivity index (χ2v) is 5.30. The molecule has 0 bridgehead atoms. The van der Waals surface area contributed by atoms with Crippen molar-refractivity contribution in [1.82, 2.24) is 0 Å². The zero-order valence-corrected chi connectivity index (χ0v) is 12.0. The lowest BCUT2D eigenvalue weighted by atomic mass is 9.94. The average molecular weight is 303 g/mol. The minimum absolute atomic E-state index is 0.0569. The van der Waals surface area contributed by atoms with Gasteiger partial charge in [-0.3, -0.25) is 0 Å². The van der Waals surface area contributed by atoms with Gasteiger partial charge in [0.1, 0.15) is 11.9 Å². The Morgan fingerprint density at radius 1 is 1.24 bits per heavy atom. The molecule has 1 aromatic rings. The van der Waals surface area contributed by atoms with Gasteiger partial charge in [0.05, 0.1) is 11.7 Å². The third-order valence-electron chi connectivity index (χ3n) is 3.79. The molecule has 0 heterocycles. The van der Waals surface area contributed by atoms with Gasteiger partial charge in [-0.15, -0.1) is 0 Å². The highest BCUT2D eigenvalue weighted by Gasteiger charge is 2.35. The van der Waals surface area contributed by atoms with Gasteiger partial charge in [0.25, 0.3) is 0 Å². The highest BCUT2D eigenvalue weighted by molar-refractivity contribution is 5.39. The van der Waals surface area contributed by atoms with Crippen LogP contribution in [0.25, 0.3) is 0 Å². The lowest BCUT2D eigenvalue weighted by molar-refractivity contribution is -0.139. The maximum Gasteiger partial charge on any atom is 0.419 e. The predicted octanol–water partition coefficient (Wildman–Crippen LogP) is 3.50. The standard InChI is InChI=1S/C15H20F3NO2/c1-20-11-3-2-4-12(8-11)21-14-6-5-10(9-19)7-13(14)15(16,17)18/h5-7,11-12H,2-4,8-9,19H2,1H3. The summed E-state index contributed by atoms with van der Waals surface area (Å²) in [6.07, 6.45) is -1.45. The van der Waals surface area contributed by atoms with Crippen molar-refractivity contribution in [3.63, 3.8) is 0 Å². The topological polar surface area (TPSA) is 44.5 Å². The van der Waals surface area contributed by atoms with Gasteiger partial charge in [0.15, 0.2) is 0 Å². The van der Waals surface area contributed by atoms with Gasteiger partial charge in [-0.05, 0) is 37.0 Å². The summed E-state index contributed by atoms with van der Waals surface area (Å²) in [5, 5.41) is 0. The number of nitrogens with two attached hydrogens (primary N) is 1. The van der Waals surface area contributed by atoms with Crippen molar-refractivity contribution in [2.24, 2.45) is 5.73 Å². The highest BCUT2D eigenvalue weighted by atomic mass is 19.4. The molecule has 0 saturated heterocycles. The molecular formula is C15H20F3NO2. The molecule has 0 amide bonds. The number of hydrogen-bond acceptors (Lipinski definition) is 3. The van der Waals surface area contributed by atoms with Crippen LogP contribution in [0.3, 0.4) is 0 Å². The lowest BCUT2D eigenvalue weighted by Crippen LogP contribution is -2.30. The summed E-state index contributed by atoms with van der Waals surface area (Å²) >= 11 is 0. The molecule has 0 aromatic heterocycles. The van der Waals surface area contributed by atoms with Crippen molar-refractivity contribution in [2.45, 2.75) is 50.6 Å². The van der Waals surface area contributed by atoms with Crippen LogP contribution in [-0.2, 0) is 17.5 Å². The van der Waals surface area contributed by atoms with E-state index in [2.05, 4.69) is 0 Å². The summed E-state index contributed by atoms with van der Waals surface area (Å²) in [5.74, 6) is -0.124. The summed E-state index contributed by atoms with van der Waals surface area (Å²) in [6, 6.07) is 3.99. The smallest absolute Gasteiger partial charge is 0.419 e. The summed E-state index contributed by atoms with van der Waals surface area (Å²) in [7, 11) is 1.62. The molecule has 2 atom stereocenters. The molecular weight excluding hydrogens is 283 g/mol. The summed E-state index contributed by atoms with van der Waals surface area (Å²) in [4.78, 5) is 0. The van der Waals surface area contributed by atoms with E-state index in [0.29, 0.717) is 12.0 Å². The van der Waals surface area contributed by atoms with E-state index in [-0.39, 0.29) is 24.5 Å². The third-order valence-corrected chi connectivity index (χ3v) is 3.79. The molecule has 6 heteroatoms. The first-order valence-electron chi connectivity index (χ1n) is 7.03. The number of alkyl halides is 3. The predicted molar refractivity (Wildman–Crippen MR) is 73.0 cm³/mol. The SMILES string of the molecule is COC1CCCC(Oc2ccc(CN)cc2C(F)(F)F)C1. The Bertz CT molecular complexity index is 476. The van der Waals surface area contributed by atoms with E-state index >= 15 is 0 Å². The van der Waals surface area contributed by atoms with Gasteiger partial charge in [0.2, 0.25) is 0 Å². The Kier molecular flexibility index (Phi) is 5.11. The fourth-order valence-electron chi connectivity index (χ4n) is 2.63. The van der Waals surface area contributed by atoms with Crippen molar-refractivity contribution in [3.8, 4) is 5.75 Å². The van der Waals surface area contributed by atoms with Crippen molar-refractivity contribution >= 4 is 0 Å². The van der Waals surface area contributed by atoms with Crippen LogP contribution in [0.1, 0.15) is 36.8 Å². The van der Waals surface area contributed by atoms with Crippen LogP contribution in [0.4, 0.5) is 13.2 Å². The molecule has 1 fully saturated rings. The Balaban J connectivity index is 2.19. The van der Waals surface area contributed by atoms with Crippen LogP contribution >= 0.6 is 0 Å². The van der Waals surface area contributed by atoms with E-state index in [9.17, 15) is 13.2 Å². The van der Waals surface area contributed by atoms with Crippen molar-refractivity contribution in [2.75, 3.05) is 7.11 Å². The maximum atomic E-state index is 13.1. The van der Waals surface area contributed by atoms with Gasteiger partial charge >= 0.3 is 6.18 Å². The van der Waals surface area contributed by atoms with Crippen LogP contribution < -0.4 is 10.5 Å².